The first-order chi connectivity index (χ1) is 8.63. The van der Waals surface area contributed by atoms with E-state index in [4.69, 9.17) is 0 Å². The van der Waals surface area contributed by atoms with Crippen molar-refractivity contribution in [1.29, 1.82) is 0 Å². The van der Waals surface area contributed by atoms with Crippen LogP contribution in [0.25, 0.3) is 0 Å². The molecule has 0 aliphatic heterocycles. The fourth-order valence-electron chi connectivity index (χ4n) is 4.51. The predicted molar refractivity (Wildman–Crippen MR) is 87.7 cm³/mol. The van der Waals surface area contributed by atoms with Crippen molar-refractivity contribution in [2.45, 2.75) is 78.9 Å². The summed E-state index contributed by atoms with van der Waals surface area (Å²) in [4.78, 5) is 3.96. The Morgan fingerprint density at radius 3 is 2.21 bits per heavy atom. The third-order valence-corrected chi connectivity index (χ3v) is 8.21. The lowest BCUT2D eigenvalue weighted by Gasteiger charge is -2.37. The van der Waals surface area contributed by atoms with Crippen LogP contribution in [-0.4, -0.2) is 13.8 Å². The van der Waals surface area contributed by atoms with Gasteiger partial charge in [-0.15, -0.1) is 0 Å². The summed E-state index contributed by atoms with van der Waals surface area (Å²) in [5.74, 6) is 0.701. The molecule has 1 nitrogen and oxygen atoms in total. The summed E-state index contributed by atoms with van der Waals surface area (Å²) in [7, 11) is -1.53. The molecule has 1 unspecified atom stereocenters. The molecule has 2 heteroatoms. The Labute approximate surface area is 120 Å². The first-order valence-corrected chi connectivity index (χ1v) is 10.9. The molecule has 0 spiro atoms. The fraction of sp³-hybridized carbons (Fsp3) is 0.765. The molecule has 0 saturated carbocycles. The highest BCUT2D eigenvalue weighted by Crippen LogP contribution is 2.47. The van der Waals surface area contributed by atoms with E-state index in [-0.39, 0.29) is 5.54 Å². The van der Waals surface area contributed by atoms with Crippen molar-refractivity contribution in [3.05, 3.63) is 21.9 Å². The monoisotopic (exact) mass is 277 g/mol. The summed E-state index contributed by atoms with van der Waals surface area (Å²) >= 11 is 0. The Morgan fingerprint density at radius 1 is 1.11 bits per heavy atom. The molecule has 0 aromatic rings. The van der Waals surface area contributed by atoms with Gasteiger partial charge in [0.05, 0.1) is 0 Å². The Balaban J connectivity index is 2.33. The molecule has 0 bridgehead atoms. The van der Waals surface area contributed by atoms with Gasteiger partial charge in [-0.05, 0) is 64.9 Å². The average Bonchev–Trinajstić information content (AvgIpc) is 2.49. The van der Waals surface area contributed by atoms with Crippen LogP contribution in [0.3, 0.4) is 0 Å². The van der Waals surface area contributed by atoms with Crippen molar-refractivity contribution < 1.29 is 0 Å². The molecule has 1 atom stereocenters. The Kier molecular flexibility index (Phi) is 3.87. The molecule has 0 aromatic heterocycles. The Bertz CT molecular complexity index is 435. The smallest absolute Gasteiger partial charge is 0.148 e. The molecular formula is C17H31NSi. The second kappa shape index (κ2) is 4.89. The number of nitrogens with one attached hydrogen (secondary N) is 1. The second-order valence-electron chi connectivity index (χ2n) is 7.97. The van der Waals surface area contributed by atoms with E-state index < -0.39 is 8.24 Å². The Hall–Kier alpha value is -0.343. The van der Waals surface area contributed by atoms with Crippen molar-refractivity contribution in [3.63, 3.8) is 0 Å². The van der Waals surface area contributed by atoms with E-state index in [1.54, 1.807) is 21.9 Å². The maximum Gasteiger partial charge on any atom is 0.148 e. The number of allylic oxidation sites excluding steroid dienone is 4. The average molecular weight is 278 g/mol. The number of rotatable bonds is 2. The van der Waals surface area contributed by atoms with Crippen LogP contribution < -0.4 is 4.98 Å². The molecule has 2 rings (SSSR count). The third kappa shape index (κ3) is 2.90. The second-order valence-corrected chi connectivity index (χ2v) is 12.0. The quantitative estimate of drug-likeness (QED) is 0.704. The molecule has 0 saturated heterocycles. The maximum absolute atomic E-state index is 3.96. The van der Waals surface area contributed by atoms with Gasteiger partial charge in [0.2, 0.25) is 0 Å². The van der Waals surface area contributed by atoms with Gasteiger partial charge in [0.15, 0.2) is 0 Å². The lowest BCUT2D eigenvalue weighted by atomic mass is 9.88. The molecule has 2 aliphatic carbocycles. The molecule has 0 fully saturated rings. The topological polar surface area (TPSA) is 12.0 Å². The van der Waals surface area contributed by atoms with Crippen LogP contribution in [0.4, 0.5) is 0 Å². The fourth-order valence-corrected chi connectivity index (χ4v) is 8.87. The van der Waals surface area contributed by atoms with Gasteiger partial charge in [-0.3, -0.25) is 0 Å². The molecule has 19 heavy (non-hydrogen) atoms. The highest BCUT2D eigenvalue weighted by atomic mass is 28.3. The van der Waals surface area contributed by atoms with Crippen LogP contribution in [0, 0.1) is 5.92 Å². The van der Waals surface area contributed by atoms with E-state index >= 15 is 0 Å². The largest absolute Gasteiger partial charge is 0.329 e. The predicted octanol–water partition coefficient (Wildman–Crippen LogP) is 4.96. The van der Waals surface area contributed by atoms with Gasteiger partial charge in [0.1, 0.15) is 8.24 Å². The van der Waals surface area contributed by atoms with Gasteiger partial charge in [-0.1, -0.05) is 36.4 Å². The molecule has 0 amide bonds. The minimum absolute atomic E-state index is 0.214. The van der Waals surface area contributed by atoms with Crippen molar-refractivity contribution >= 4 is 8.24 Å². The van der Waals surface area contributed by atoms with Crippen LogP contribution in [0.5, 0.6) is 0 Å². The first-order valence-electron chi connectivity index (χ1n) is 7.86. The van der Waals surface area contributed by atoms with Crippen molar-refractivity contribution in [2.24, 2.45) is 5.92 Å². The summed E-state index contributed by atoms with van der Waals surface area (Å²) in [6.45, 7) is 16.7. The summed E-state index contributed by atoms with van der Waals surface area (Å²) < 4.78 is 0. The molecule has 2 aliphatic rings. The van der Waals surface area contributed by atoms with Gasteiger partial charge in [0.25, 0.3) is 0 Å². The molecule has 1 N–H and O–H groups in total. The molecular weight excluding hydrogens is 246 g/mol. The number of hydrogen-bond donors (Lipinski definition) is 1. The highest BCUT2D eigenvalue weighted by molar-refractivity contribution is 6.82. The number of hydrogen-bond acceptors (Lipinski definition) is 1. The van der Waals surface area contributed by atoms with Crippen molar-refractivity contribution in [2.75, 3.05) is 0 Å². The minimum atomic E-state index is -1.53. The van der Waals surface area contributed by atoms with Crippen LogP contribution in [-0.2, 0) is 0 Å². The van der Waals surface area contributed by atoms with Gasteiger partial charge in [-0.25, -0.2) is 0 Å². The summed E-state index contributed by atoms with van der Waals surface area (Å²) in [5, 5.41) is 1.77. The van der Waals surface area contributed by atoms with Crippen LogP contribution in [0.2, 0.25) is 13.1 Å². The molecule has 0 aromatic carbocycles. The van der Waals surface area contributed by atoms with E-state index in [9.17, 15) is 0 Å². The summed E-state index contributed by atoms with van der Waals surface area (Å²) in [5.41, 5.74) is 5.36. The van der Waals surface area contributed by atoms with Crippen LogP contribution in [0.15, 0.2) is 21.9 Å². The van der Waals surface area contributed by atoms with Gasteiger partial charge in [-0.2, -0.15) is 0 Å². The summed E-state index contributed by atoms with van der Waals surface area (Å²) in [6, 6.07) is 0. The van der Waals surface area contributed by atoms with E-state index in [0.29, 0.717) is 5.92 Å². The minimum Gasteiger partial charge on any atom is -0.329 e. The van der Waals surface area contributed by atoms with Crippen LogP contribution >= 0.6 is 0 Å². The van der Waals surface area contributed by atoms with Gasteiger partial charge in [0, 0.05) is 5.54 Å². The molecule has 0 radical (unpaired) electrons. The highest BCUT2D eigenvalue weighted by Gasteiger charge is 2.40. The van der Waals surface area contributed by atoms with Crippen molar-refractivity contribution in [3.8, 4) is 0 Å². The standard InChI is InChI=1S/C17H31NSi/c1-12-14-10-8-9-11-15(14)13(2)16(12)19(6,7)18-17(3,4)5/h12,18H,8-11H2,1-7H3. The lowest BCUT2D eigenvalue weighted by molar-refractivity contribution is 0.512. The first kappa shape index (κ1) is 15.1. The summed E-state index contributed by atoms with van der Waals surface area (Å²) in [6.07, 6.45) is 5.47. The van der Waals surface area contributed by atoms with E-state index in [0.717, 1.165) is 0 Å². The molecule has 108 valence electrons. The van der Waals surface area contributed by atoms with Gasteiger partial charge >= 0.3 is 0 Å². The normalized spacial score (nSPS) is 25.1. The molecule has 0 heterocycles. The lowest BCUT2D eigenvalue weighted by Crippen LogP contribution is -2.56. The van der Waals surface area contributed by atoms with Gasteiger partial charge < -0.3 is 4.98 Å². The van der Waals surface area contributed by atoms with Crippen molar-refractivity contribution in [1.82, 2.24) is 4.98 Å². The van der Waals surface area contributed by atoms with E-state index in [1.807, 2.05) is 0 Å². The maximum atomic E-state index is 3.96. The van der Waals surface area contributed by atoms with E-state index in [2.05, 4.69) is 52.7 Å². The van der Waals surface area contributed by atoms with E-state index in [1.165, 1.54) is 25.7 Å². The zero-order valence-electron chi connectivity index (χ0n) is 13.9. The zero-order valence-corrected chi connectivity index (χ0v) is 14.9. The zero-order chi connectivity index (χ0) is 14.4. The Morgan fingerprint density at radius 2 is 1.68 bits per heavy atom. The SMILES string of the molecule is CC1=C([Si](C)(C)NC(C)(C)C)C(C)C2=C1CCCC2. The third-order valence-electron chi connectivity index (χ3n) is 4.68. The van der Waals surface area contributed by atoms with Crippen LogP contribution in [0.1, 0.15) is 60.3 Å².